The summed E-state index contributed by atoms with van der Waals surface area (Å²) in [7, 11) is 0. The first-order chi connectivity index (χ1) is 7.49. The molecule has 1 atom stereocenters. The number of hydrogen-bond donors (Lipinski definition) is 0. The predicted octanol–water partition coefficient (Wildman–Crippen LogP) is 3.03. The normalized spacial score (nSPS) is 13.6. The maximum Gasteiger partial charge on any atom is 0.309 e. The fourth-order valence-corrected chi connectivity index (χ4v) is 1.73. The van der Waals surface area contributed by atoms with Crippen LogP contribution in [0.5, 0.6) is 0 Å². The highest BCUT2D eigenvalue weighted by molar-refractivity contribution is 5.73. The monoisotopic (exact) mass is 230 g/mol. The minimum absolute atomic E-state index is 0.0114. The molecule has 0 saturated heterocycles. The molecule has 16 heavy (non-hydrogen) atoms. The Labute approximate surface area is 99.5 Å². The molecule has 0 bridgehead atoms. The summed E-state index contributed by atoms with van der Waals surface area (Å²) in [4.78, 5) is 11.9. The van der Waals surface area contributed by atoms with Gasteiger partial charge in [-0.15, -0.1) is 0 Å². The van der Waals surface area contributed by atoms with Crippen LogP contribution in [-0.4, -0.2) is 25.8 Å². The molecule has 0 aromatic rings. The van der Waals surface area contributed by atoms with Gasteiger partial charge in [-0.25, -0.2) is 0 Å². The Balaban J connectivity index is 4.11. The van der Waals surface area contributed by atoms with E-state index in [0.29, 0.717) is 19.8 Å². The lowest BCUT2D eigenvalue weighted by Gasteiger charge is -2.30. The van der Waals surface area contributed by atoms with Gasteiger partial charge in [-0.2, -0.15) is 0 Å². The van der Waals surface area contributed by atoms with Gasteiger partial charge in [-0.3, -0.25) is 4.79 Å². The van der Waals surface area contributed by atoms with Crippen molar-refractivity contribution < 1.29 is 14.3 Å². The molecular formula is C13H26O3. The van der Waals surface area contributed by atoms with Gasteiger partial charge in [-0.1, -0.05) is 34.1 Å². The van der Waals surface area contributed by atoms with Crippen molar-refractivity contribution in [2.75, 3.05) is 19.8 Å². The number of hydrogen-bond acceptors (Lipinski definition) is 3. The van der Waals surface area contributed by atoms with Crippen molar-refractivity contribution in [1.82, 2.24) is 0 Å². The molecule has 0 fully saturated rings. The van der Waals surface area contributed by atoms with Crippen LogP contribution in [0.25, 0.3) is 0 Å². The molecule has 96 valence electrons. The molecule has 0 N–H and O–H groups in total. The van der Waals surface area contributed by atoms with Crippen LogP contribution < -0.4 is 0 Å². The van der Waals surface area contributed by atoms with Crippen LogP contribution in [0, 0.1) is 11.3 Å². The van der Waals surface area contributed by atoms with Gasteiger partial charge in [0, 0.05) is 6.61 Å². The molecule has 0 radical (unpaired) electrons. The minimum Gasteiger partial charge on any atom is -0.463 e. The van der Waals surface area contributed by atoms with Crippen molar-refractivity contribution in [3.8, 4) is 0 Å². The van der Waals surface area contributed by atoms with Crippen molar-refractivity contribution >= 4 is 5.97 Å². The molecular weight excluding hydrogens is 204 g/mol. The van der Waals surface area contributed by atoms with Crippen LogP contribution in [0.3, 0.4) is 0 Å². The van der Waals surface area contributed by atoms with E-state index in [4.69, 9.17) is 9.47 Å². The van der Waals surface area contributed by atoms with Gasteiger partial charge in [0.15, 0.2) is 0 Å². The maximum absolute atomic E-state index is 11.9. The lowest BCUT2D eigenvalue weighted by Crippen LogP contribution is -2.32. The van der Waals surface area contributed by atoms with E-state index in [2.05, 4.69) is 20.8 Å². The first kappa shape index (κ1) is 15.4. The van der Waals surface area contributed by atoms with Gasteiger partial charge in [0.1, 0.15) is 6.61 Å². The maximum atomic E-state index is 11.9. The van der Waals surface area contributed by atoms with E-state index in [1.807, 2.05) is 13.8 Å². The topological polar surface area (TPSA) is 35.5 Å². The van der Waals surface area contributed by atoms with Crippen molar-refractivity contribution in [3.63, 3.8) is 0 Å². The average Bonchev–Trinajstić information content (AvgIpc) is 2.25. The first-order valence-electron chi connectivity index (χ1n) is 6.23. The Kier molecular flexibility index (Phi) is 7.39. The summed E-state index contributed by atoms with van der Waals surface area (Å²) in [5, 5.41) is 0. The van der Waals surface area contributed by atoms with Crippen LogP contribution >= 0.6 is 0 Å². The van der Waals surface area contributed by atoms with Crippen molar-refractivity contribution in [1.29, 1.82) is 0 Å². The van der Waals surface area contributed by atoms with Crippen LogP contribution in [0.1, 0.15) is 47.5 Å². The third-order valence-electron chi connectivity index (χ3n) is 3.22. The van der Waals surface area contributed by atoms with Crippen molar-refractivity contribution in [2.45, 2.75) is 47.5 Å². The van der Waals surface area contributed by atoms with Gasteiger partial charge in [0.25, 0.3) is 0 Å². The van der Waals surface area contributed by atoms with Crippen LogP contribution in [0.4, 0.5) is 0 Å². The molecule has 0 aliphatic heterocycles. The summed E-state index contributed by atoms with van der Waals surface area (Å²) < 4.78 is 10.4. The van der Waals surface area contributed by atoms with E-state index in [0.717, 1.165) is 12.8 Å². The summed E-state index contributed by atoms with van der Waals surface area (Å²) in [6, 6.07) is 0. The third-order valence-corrected chi connectivity index (χ3v) is 3.22. The third kappa shape index (κ3) is 4.97. The van der Waals surface area contributed by atoms with E-state index in [9.17, 15) is 4.79 Å². The second kappa shape index (κ2) is 7.66. The highest BCUT2D eigenvalue weighted by atomic mass is 16.6. The molecule has 0 rings (SSSR count). The number of carbonyl (C=O) groups is 1. The quantitative estimate of drug-likeness (QED) is 0.475. The van der Waals surface area contributed by atoms with E-state index in [-0.39, 0.29) is 17.3 Å². The number of esters is 1. The zero-order chi connectivity index (χ0) is 12.6. The zero-order valence-electron chi connectivity index (χ0n) is 11.3. The van der Waals surface area contributed by atoms with E-state index in [1.165, 1.54) is 0 Å². The molecule has 0 aromatic heterocycles. The molecule has 0 spiro atoms. The van der Waals surface area contributed by atoms with E-state index >= 15 is 0 Å². The lowest BCUT2D eigenvalue weighted by molar-refractivity contribution is -0.154. The van der Waals surface area contributed by atoms with Crippen LogP contribution in [-0.2, 0) is 14.3 Å². The smallest absolute Gasteiger partial charge is 0.309 e. The standard InChI is InChI=1S/C13H26O3/c1-6-11(13(4,5)7-2)12(14)16-10-9-15-8-3/h11H,6-10H2,1-5H3. The minimum atomic E-state index is -0.0888. The van der Waals surface area contributed by atoms with Crippen molar-refractivity contribution in [2.24, 2.45) is 11.3 Å². The Hall–Kier alpha value is -0.570. The lowest BCUT2D eigenvalue weighted by atomic mass is 9.75. The fourth-order valence-electron chi connectivity index (χ4n) is 1.73. The zero-order valence-corrected chi connectivity index (χ0v) is 11.3. The second-order valence-electron chi connectivity index (χ2n) is 4.67. The molecule has 1 unspecified atom stereocenters. The summed E-state index contributed by atoms with van der Waals surface area (Å²) in [6.07, 6.45) is 1.81. The van der Waals surface area contributed by atoms with E-state index < -0.39 is 0 Å². The average molecular weight is 230 g/mol. The molecule has 0 aliphatic carbocycles. The largest absolute Gasteiger partial charge is 0.463 e. The summed E-state index contributed by atoms with van der Waals surface area (Å²) in [5.41, 5.74) is 0.0114. The number of ether oxygens (including phenoxy) is 2. The predicted molar refractivity (Wildman–Crippen MR) is 65.3 cm³/mol. The second-order valence-corrected chi connectivity index (χ2v) is 4.67. The number of rotatable bonds is 8. The summed E-state index contributed by atoms with van der Waals surface area (Å²) in [5.74, 6) is -0.104. The Morgan fingerprint density at radius 2 is 1.81 bits per heavy atom. The Morgan fingerprint density at radius 3 is 2.25 bits per heavy atom. The Morgan fingerprint density at radius 1 is 1.19 bits per heavy atom. The van der Waals surface area contributed by atoms with Crippen LogP contribution in [0.2, 0.25) is 0 Å². The molecule has 3 nitrogen and oxygen atoms in total. The number of carbonyl (C=O) groups excluding carboxylic acids is 1. The molecule has 0 heterocycles. The van der Waals surface area contributed by atoms with Crippen molar-refractivity contribution in [3.05, 3.63) is 0 Å². The molecule has 0 amide bonds. The molecule has 3 heteroatoms. The van der Waals surface area contributed by atoms with Gasteiger partial charge in [0.05, 0.1) is 12.5 Å². The van der Waals surface area contributed by atoms with Gasteiger partial charge in [-0.05, 0) is 18.8 Å². The van der Waals surface area contributed by atoms with Gasteiger partial charge in [0.2, 0.25) is 0 Å². The fraction of sp³-hybridized carbons (Fsp3) is 0.923. The SMILES string of the molecule is CCOCCOC(=O)C(CC)C(C)(C)CC. The van der Waals surface area contributed by atoms with E-state index in [1.54, 1.807) is 0 Å². The van der Waals surface area contributed by atoms with Gasteiger partial charge < -0.3 is 9.47 Å². The highest BCUT2D eigenvalue weighted by Gasteiger charge is 2.33. The van der Waals surface area contributed by atoms with Gasteiger partial charge >= 0.3 is 5.97 Å². The molecule has 0 saturated carbocycles. The summed E-state index contributed by atoms with van der Waals surface area (Å²) in [6.45, 7) is 11.8. The highest BCUT2D eigenvalue weighted by Crippen LogP contribution is 2.33. The molecule has 0 aliphatic rings. The summed E-state index contributed by atoms with van der Waals surface area (Å²) >= 11 is 0. The van der Waals surface area contributed by atoms with Crippen LogP contribution in [0.15, 0.2) is 0 Å². The molecule has 0 aromatic carbocycles. The first-order valence-corrected chi connectivity index (χ1v) is 6.23. The Bertz CT molecular complexity index is 199.